The van der Waals surface area contributed by atoms with E-state index < -0.39 is 0 Å². The third-order valence-corrected chi connectivity index (χ3v) is 3.18. The van der Waals surface area contributed by atoms with Crippen LogP contribution in [0.5, 0.6) is 5.75 Å². The summed E-state index contributed by atoms with van der Waals surface area (Å²) in [6.07, 6.45) is -0.0186. The third-order valence-electron chi connectivity index (χ3n) is 3.18. The van der Waals surface area contributed by atoms with E-state index in [0.717, 1.165) is 5.56 Å². The van der Waals surface area contributed by atoms with E-state index in [2.05, 4.69) is 0 Å². The van der Waals surface area contributed by atoms with Crippen molar-refractivity contribution in [2.45, 2.75) is 13.3 Å². The molecule has 0 bridgehead atoms. The van der Waals surface area contributed by atoms with Crippen LogP contribution in [0.15, 0.2) is 36.4 Å². The number of benzene rings is 2. The van der Waals surface area contributed by atoms with Crippen LogP contribution in [0, 0.1) is 29.6 Å². The zero-order valence-corrected chi connectivity index (χ0v) is 11.4. The molecule has 0 aromatic heterocycles. The van der Waals surface area contributed by atoms with E-state index in [1.54, 1.807) is 12.1 Å². The van der Waals surface area contributed by atoms with Gasteiger partial charge in [0.05, 0.1) is 11.1 Å². The average molecular weight is 276 g/mol. The van der Waals surface area contributed by atoms with Gasteiger partial charge in [-0.05, 0) is 19.1 Å². The molecule has 0 heterocycles. The van der Waals surface area contributed by atoms with Gasteiger partial charge in [0.1, 0.15) is 17.9 Å². The molecule has 2 rings (SSSR count). The van der Waals surface area contributed by atoms with Crippen molar-refractivity contribution in [1.82, 2.24) is 0 Å². The molecule has 0 aliphatic rings. The maximum atomic E-state index is 12.2. The van der Waals surface area contributed by atoms with Crippen molar-refractivity contribution < 1.29 is 9.90 Å². The van der Waals surface area contributed by atoms with Crippen molar-refractivity contribution in [2.24, 2.45) is 0 Å². The standard InChI is InChI=1S/C17H12N2O2/c1-11-2-4-12(5-3-11)16(20)7-13-6-14(9-18)15(10-19)8-17(13)21/h2-6,8,21H,7H2,1H3. The molecule has 0 aliphatic heterocycles. The van der Waals surface area contributed by atoms with Gasteiger partial charge in [0.2, 0.25) is 0 Å². The molecule has 0 radical (unpaired) electrons. The van der Waals surface area contributed by atoms with Gasteiger partial charge in [-0.1, -0.05) is 29.8 Å². The van der Waals surface area contributed by atoms with Gasteiger partial charge in [-0.15, -0.1) is 0 Å². The first-order valence-corrected chi connectivity index (χ1v) is 6.31. The highest BCUT2D eigenvalue weighted by Crippen LogP contribution is 2.23. The molecule has 2 aromatic rings. The largest absolute Gasteiger partial charge is 0.508 e. The highest BCUT2D eigenvalue weighted by Gasteiger charge is 2.13. The first-order chi connectivity index (χ1) is 10.0. The van der Waals surface area contributed by atoms with E-state index in [1.807, 2.05) is 31.2 Å². The zero-order valence-electron chi connectivity index (χ0n) is 11.4. The highest BCUT2D eigenvalue weighted by molar-refractivity contribution is 5.97. The molecule has 0 atom stereocenters. The topological polar surface area (TPSA) is 84.9 Å². The molecule has 4 heteroatoms. The van der Waals surface area contributed by atoms with E-state index in [0.29, 0.717) is 11.1 Å². The number of carbonyl (C=O) groups is 1. The normalized spacial score (nSPS) is 9.67. The van der Waals surface area contributed by atoms with Crippen molar-refractivity contribution in [2.75, 3.05) is 0 Å². The Morgan fingerprint density at radius 3 is 2.24 bits per heavy atom. The number of nitrogens with zero attached hydrogens (tertiary/aromatic N) is 2. The first kappa shape index (κ1) is 14.3. The number of hydrogen-bond donors (Lipinski definition) is 1. The molecule has 0 fully saturated rings. The Labute approximate surface area is 122 Å². The molecule has 0 unspecified atom stereocenters. The van der Waals surface area contributed by atoms with Crippen LogP contribution in [-0.4, -0.2) is 10.9 Å². The smallest absolute Gasteiger partial charge is 0.167 e. The number of hydrogen-bond acceptors (Lipinski definition) is 4. The van der Waals surface area contributed by atoms with Gasteiger partial charge in [-0.3, -0.25) is 4.79 Å². The summed E-state index contributed by atoms with van der Waals surface area (Å²) in [6.45, 7) is 1.93. The van der Waals surface area contributed by atoms with Crippen molar-refractivity contribution in [3.63, 3.8) is 0 Å². The third kappa shape index (κ3) is 3.08. The van der Waals surface area contributed by atoms with Crippen LogP contribution in [0.2, 0.25) is 0 Å². The van der Waals surface area contributed by atoms with Crippen LogP contribution >= 0.6 is 0 Å². The summed E-state index contributed by atoms with van der Waals surface area (Å²) in [5, 5.41) is 27.7. The minimum absolute atomic E-state index is 0.0186. The second-order valence-corrected chi connectivity index (χ2v) is 4.72. The highest BCUT2D eigenvalue weighted by atomic mass is 16.3. The minimum Gasteiger partial charge on any atom is -0.508 e. The zero-order chi connectivity index (χ0) is 15.4. The molecule has 0 aliphatic carbocycles. The molecule has 1 N–H and O–H groups in total. The summed E-state index contributed by atoms with van der Waals surface area (Å²) in [5.74, 6) is -0.301. The molecule has 4 nitrogen and oxygen atoms in total. The van der Waals surface area contributed by atoms with E-state index in [-0.39, 0.29) is 29.1 Å². The maximum Gasteiger partial charge on any atom is 0.167 e. The second kappa shape index (κ2) is 5.90. The fourth-order valence-electron chi connectivity index (χ4n) is 1.97. The summed E-state index contributed by atoms with van der Waals surface area (Å²) >= 11 is 0. The van der Waals surface area contributed by atoms with Gasteiger partial charge in [-0.25, -0.2) is 0 Å². The van der Waals surface area contributed by atoms with Crippen LogP contribution in [-0.2, 0) is 6.42 Å². The lowest BCUT2D eigenvalue weighted by Crippen LogP contribution is -2.04. The molecule has 0 saturated heterocycles. The van der Waals surface area contributed by atoms with Gasteiger partial charge in [-0.2, -0.15) is 10.5 Å². The molecule has 0 spiro atoms. The molecular formula is C17H12N2O2. The molecular weight excluding hydrogens is 264 g/mol. The number of carbonyl (C=O) groups excluding carboxylic acids is 1. The van der Waals surface area contributed by atoms with Crippen LogP contribution < -0.4 is 0 Å². The Bertz CT molecular complexity index is 778. The SMILES string of the molecule is Cc1ccc(C(=O)Cc2cc(C#N)c(C#N)cc2O)cc1. The summed E-state index contributed by atoms with van der Waals surface area (Å²) in [5.41, 5.74) is 2.20. The van der Waals surface area contributed by atoms with Gasteiger partial charge in [0.25, 0.3) is 0 Å². The monoisotopic (exact) mass is 276 g/mol. The van der Waals surface area contributed by atoms with Crippen molar-refractivity contribution in [3.8, 4) is 17.9 Å². The first-order valence-electron chi connectivity index (χ1n) is 6.31. The van der Waals surface area contributed by atoms with E-state index in [4.69, 9.17) is 10.5 Å². The quantitative estimate of drug-likeness (QED) is 0.873. The Hall–Kier alpha value is -3.11. The number of rotatable bonds is 3. The summed E-state index contributed by atoms with van der Waals surface area (Å²) in [7, 11) is 0. The number of phenols is 1. The van der Waals surface area contributed by atoms with Gasteiger partial charge in [0, 0.05) is 17.5 Å². The summed E-state index contributed by atoms with van der Waals surface area (Å²) in [6, 6.07) is 13.5. The number of aromatic hydroxyl groups is 1. The number of phenolic OH excluding ortho intramolecular Hbond substituents is 1. The lowest BCUT2D eigenvalue weighted by molar-refractivity contribution is 0.0992. The van der Waals surface area contributed by atoms with Gasteiger partial charge < -0.3 is 5.11 Å². The summed E-state index contributed by atoms with van der Waals surface area (Å²) in [4.78, 5) is 12.2. The Morgan fingerprint density at radius 2 is 1.67 bits per heavy atom. The van der Waals surface area contributed by atoms with E-state index in [9.17, 15) is 9.90 Å². The molecule has 21 heavy (non-hydrogen) atoms. The fourth-order valence-corrected chi connectivity index (χ4v) is 1.97. The van der Waals surface area contributed by atoms with E-state index >= 15 is 0 Å². The summed E-state index contributed by atoms with van der Waals surface area (Å²) < 4.78 is 0. The number of aryl methyl sites for hydroxylation is 1. The van der Waals surface area contributed by atoms with Crippen molar-refractivity contribution >= 4 is 5.78 Å². The van der Waals surface area contributed by atoms with Crippen molar-refractivity contribution in [1.29, 1.82) is 10.5 Å². The fraction of sp³-hybridized carbons (Fsp3) is 0.118. The number of nitriles is 2. The van der Waals surface area contributed by atoms with Crippen LogP contribution in [0.1, 0.15) is 32.6 Å². The maximum absolute atomic E-state index is 12.2. The lowest BCUT2D eigenvalue weighted by Gasteiger charge is -2.06. The van der Waals surface area contributed by atoms with Crippen LogP contribution in [0.25, 0.3) is 0 Å². The van der Waals surface area contributed by atoms with Gasteiger partial charge >= 0.3 is 0 Å². The van der Waals surface area contributed by atoms with Crippen molar-refractivity contribution in [3.05, 3.63) is 64.2 Å². The Morgan fingerprint density at radius 1 is 1.10 bits per heavy atom. The van der Waals surface area contributed by atoms with Crippen LogP contribution in [0.3, 0.4) is 0 Å². The Kier molecular flexibility index (Phi) is 4.02. The average Bonchev–Trinajstić information content (AvgIpc) is 2.49. The molecule has 2 aromatic carbocycles. The predicted molar refractivity (Wildman–Crippen MR) is 76.8 cm³/mol. The molecule has 0 saturated carbocycles. The lowest BCUT2D eigenvalue weighted by atomic mass is 9.98. The molecule has 102 valence electrons. The number of ketones is 1. The van der Waals surface area contributed by atoms with E-state index in [1.165, 1.54) is 12.1 Å². The van der Waals surface area contributed by atoms with Gasteiger partial charge in [0.15, 0.2) is 5.78 Å². The minimum atomic E-state index is -0.154. The molecule has 0 amide bonds. The van der Waals surface area contributed by atoms with Crippen LogP contribution in [0.4, 0.5) is 0 Å². The number of Topliss-reactive ketones (excluding diaryl/α,β-unsaturated/α-hetero) is 1. The predicted octanol–water partition coefficient (Wildman–Crippen LogP) is 2.87. The second-order valence-electron chi connectivity index (χ2n) is 4.72. The Balaban J connectivity index is 2.32.